The third kappa shape index (κ3) is 6.72. The van der Waals surface area contributed by atoms with Crippen molar-refractivity contribution in [3.05, 3.63) is 0 Å². The van der Waals surface area contributed by atoms with Crippen LogP contribution in [-0.2, 0) is 19.1 Å². The van der Waals surface area contributed by atoms with Crippen molar-refractivity contribution < 1.29 is 76.9 Å². The van der Waals surface area contributed by atoms with Crippen LogP contribution in [0.2, 0.25) is 0 Å². The van der Waals surface area contributed by atoms with Gasteiger partial charge in [0.05, 0.1) is 5.41 Å². The summed E-state index contributed by atoms with van der Waals surface area (Å²) in [4.78, 5) is 34.9. The van der Waals surface area contributed by atoms with Gasteiger partial charge in [0.2, 0.25) is 5.91 Å². The van der Waals surface area contributed by atoms with E-state index < -0.39 is 84.8 Å². The van der Waals surface area contributed by atoms with Gasteiger partial charge < -0.3 is 15.2 Å². The standard InChI is InChI=1S/C19H23F12NO5/c1-4-9(11(35)32-7-10(33)34)6-14(3,5-2)13(36)37-8-15(22,23)17(26,27)19(30,31)18(28,29)16(24,25)12(20)21/h9,12H,4-8H2,1-3H3,(H,32,35)(H,33,34). The highest BCUT2D eigenvalue weighted by atomic mass is 19.4. The van der Waals surface area contributed by atoms with Gasteiger partial charge in [0.15, 0.2) is 6.61 Å². The van der Waals surface area contributed by atoms with E-state index in [1.807, 2.05) is 5.32 Å². The first-order valence-corrected chi connectivity index (χ1v) is 10.2. The predicted molar refractivity (Wildman–Crippen MR) is 99.1 cm³/mol. The number of alkyl halides is 12. The number of carboxylic acid groups (broad SMARTS) is 1. The maximum Gasteiger partial charge on any atom is 0.384 e. The summed E-state index contributed by atoms with van der Waals surface area (Å²) >= 11 is 0. The van der Waals surface area contributed by atoms with E-state index in [9.17, 15) is 67.1 Å². The minimum atomic E-state index is -7.75. The Morgan fingerprint density at radius 3 is 1.73 bits per heavy atom. The Kier molecular flexibility index (Phi) is 10.8. The smallest absolute Gasteiger partial charge is 0.384 e. The first kappa shape index (κ1) is 34.6. The molecule has 18 heteroatoms. The van der Waals surface area contributed by atoms with E-state index in [1.54, 1.807) is 0 Å². The van der Waals surface area contributed by atoms with Crippen LogP contribution in [0.3, 0.4) is 0 Å². The molecule has 2 atom stereocenters. The lowest BCUT2D eigenvalue weighted by Crippen LogP contribution is -2.69. The van der Waals surface area contributed by atoms with Crippen molar-refractivity contribution in [2.24, 2.45) is 11.3 Å². The number of hydrogen-bond acceptors (Lipinski definition) is 4. The topological polar surface area (TPSA) is 92.7 Å². The number of esters is 1. The molecule has 0 aromatic carbocycles. The van der Waals surface area contributed by atoms with Crippen LogP contribution in [0.1, 0.15) is 40.0 Å². The summed E-state index contributed by atoms with van der Waals surface area (Å²) in [5.41, 5.74) is -1.97. The van der Waals surface area contributed by atoms with Crippen molar-refractivity contribution in [2.45, 2.75) is 76.1 Å². The molecule has 37 heavy (non-hydrogen) atoms. The highest BCUT2D eigenvalue weighted by Crippen LogP contribution is 2.58. The van der Waals surface area contributed by atoms with Crippen LogP contribution in [-0.4, -0.2) is 72.1 Å². The molecule has 0 saturated carbocycles. The third-order valence-electron chi connectivity index (χ3n) is 5.57. The van der Waals surface area contributed by atoms with Gasteiger partial charge in [-0.2, -0.15) is 43.9 Å². The number of ether oxygens (including phenoxy) is 1. The Balaban J connectivity index is 5.85. The summed E-state index contributed by atoms with van der Waals surface area (Å²) < 4.78 is 163. The average Bonchev–Trinajstić information content (AvgIpc) is 2.78. The molecular formula is C19H23F12NO5. The Labute approximate surface area is 201 Å². The molecule has 2 unspecified atom stereocenters. The second-order valence-electron chi connectivity index (χ2n) is 8.26. The molecule has 0 heterocycles. The van der Waals surface area contributed by atoms with Gasteiger partial charge in [-0.05, 0) is 26.2 Å². The normalized spacial score (nSPS) is 16.2. The molecule has 1 amide bonds. The third-order valence-corrected chi connectivity index (χ3v) is 5.57. The van der Waals surface area contributed by atoms with Gasteiger partial charge in [-0.15, -0.1) is 0 Å². The SMILES string of the molecule is CCC(CC(C)(CC)C(=O)OCC(F)(F)C(F)(F)C(F)(F)C(F)(F)C(F)(F)C(F)F)C(=O)NCC(=O)O. The lowest BCUT2D eigenvalue weighted by molar-refractivity contribution is -0.414. The van der Waals surface area contributed by atoms with Crippen LogP contribution in [0.4, 0.5) is 52.7 Å². The minimum Gasteiger partial charge on any atom is -0.480 e. The fraction of sp³-hybridized carbons (Fsp3) is 0.842. The first-order valence-electron chi connectivity index (χ1n) is 10.2. The van der Waals surface area contributed by atoms with E-state index in [1.165, 1.54) is 13.8 Å². The zero-order chi connectivity index (χ0) is 29.8. The van der Waals surface area contributed by atoms with E-state index in [4.69, 9.17) is 5.11 Å². The summed E-state index contributed by atoms with van der Waals surface area (Å²) in [6, 6.07) is 0. The van der Waals surface area contributed by atoms with Crippen molar-refractivity contribution >= 4 is 17.8 Å². The summed E-state index contributed by atoms with van der Waals surface area (Å²) in [6.07, 6.45) is -6.63. The van der Waals surface area contributed by atoms with Crippen molar-refractivity contribution in [1.82, 2.24) is 5.32 Å². The van der Waals surface area contributed by atoms with Crippen molar-refractivity contribution in [1.29, 1.82) is 0 Å². The van der Waals surface area contributed by atoms with Crippen LogP contribution in [0.15, 0.2) is 0 Å². The summed E-state index contributed by atoms with van der Waals surface area (Å²) in [5.74, 6) is -41.8. The van der Waals surface area contributed by atoms with Gasteiger partial charge in [0.1, 0.15) is 6.54 Å². The molecule has 0 spiro atoms. The minimum absolute atomic E-state index is 0.0673. The molecule has 0 aromatic heterocycles. The zero-order valence-electron chi connectivity index (χ0n) is 19.3. The fourth-order valence-electron chi connectivity index (χ4n) is 2.84. The highest BCUT2D eigenvalue weighted by molar-refractivity contribution is 5.84. The molecule has 0 bridgehead atoms. The Bertz CT molecular complexity index is 836. The van der Waals surface area contributed by atoms with E-state index in [0.717, 1.165) is 6.92 Å². The number of nitrogens with one attached hydrogen (secondary N) is 1. The number of aliphatic carboxylic acids is 1. The van der Waals surface area contributed by atoms with Gasteiger partial charge >= 0.3 is 48.0 Å². The molecule has 0 aliphatic rings. The van der Waals surface area contributed by atoms with Crippen LogP contribution in [0.5, 0.6) is 0 Å². The zero-order valence-corrected chi connectivity index (χ0v) is 19.3. The summed E-state index contributed by atoms with van der Waals surface area (Å²) in [5, 5.41) is 10.5. The van der Waals surface area contributed by atoms with Crippen LogP contribution in [0, 0.1) is 11.3 Å². The van der Waals surface area contributed by atoms with Crippen molar-refractivity contribution in [3.63, 3.8) is 0 Å². The van der Waals surface area contributed by atoms with Gasteiger partial charge in [0.25, 0.3) is 0 Å². The predicted octanol–water partition coefficient (Wildman–Crippen LogP) is 5.00. The average molecular weight is 573 g/mol. The van der Waals surface area contributed by atoms with Gasteiger partial charge in [-0.1, -0.05) is 13.8 Å². The number of rotatable bonds is 15. The van der Waals surface area contributed by atoms with Crippen molar-refractivity contribution in [2.75, 3.05) is 13.2 Å². The Morgan fingerprint density at radius 1 is 0.865 bits per heavy atom. The molecule has 0 aromatic rings. The molecule has 0 fully saturated rings. The maximum atomic E-state index is 13.9. The number of hydrogen-bond donors (Lipinski definition) is 2. The summed E-state index contributed by atoms with van der Waals surface area (Å²) in [6.45, 7) is -0.323. The summed E-state index contributed by atoms with van der Waals surface area (Å²) in [7, 11) is 0. The maximum absolute atomic E-state index is 13.9. The lowest BCUT2D eigenvalue weighted by Gasteiger charge is -2.39. The molecular weight excluding hydrogens is 550 g/mol. The number of carbonyl (C=O) groups excluding carboxylic acids is 2. The van der Waals surface area contributed by atoms with E-state index in [2.05, 4.69) is 4.74 Å². The monoisotopic (exact) mass is 573 g/mol. The van der Waals surface area contributed by atoms with E-state index in [-0.39, 0.29) is 12.8 Å². The molecule has 6 nitrogen and oxygen atoms in total. The first-order chi connectivity index (χ1) is 16.4. The number of halogens is 12. The quantitative estimate of drug-likeness (QED) is 0.213. The molecule has 0 aliphatic carbocycles. The molecule has 218 valence electrons. The van der Waals surface area contributed by atoms with Gasteiger partial charge in [-0.25, -0.2) is 8.78 Å². The van der Waals surface area contributed by atoms with Crippen LogP contribution in [0.25, 0.3) is 0 Å². The Hall–Kier alpha value is -2.43. The number of carboxylic acids is 1. The Morgan fingerprint density at radius 2 is 1.35 bits per heavy atom. The number of carbonyl (C=O) groups is 3. The van der Waals surface area contributed by atoms with Gasteiger partial charge in [0, 0.05) is 5.92 Å². The fourth-order valence-corrected chi connectivity index (χ4v) is 2.84. The van der Waals surface area contributed by atoms with E-state index >= 15 is 0 Å². The molecule has 0 aliphatic heterocycles. The molecule has 0 radical (unpaired) electrons. The van der Waals surface area contributed by atoms with Gasteiger partial charge in [-0.3, -0.25) is 14.4 Å². The van der Waals surface area contributed by atoms with Crippen LogP contribution < -0.4 is 5.32 Å². The van der Waals surface area contributed by atoms with Crippen LogP contribution >= 0.6 is 0 Å². The lowest BCUT2D eigenvalue weighted by atomic mass is 9.77. The molecule has 2 N–H and O–H groups in total. The second kappa shape index (κ2) is 11.5. The van der Waals surface area contributed by atoms with Crippen molar-refractivity contribution in [3.8, 4) is 0 Å². The molecule has 0 rings (SSSR count). The largest absolute Gasteiger partial charge is 0.480 e. The highest BCUT2D eigenvalue weighted by Gasteiger charge is 2.88. The molecule has 0 saturated heterocycles. The van der Waals surface area contributed by atoms with E-state index in [0.29, 0.717) is 0 Å². The second-order valence-corrected chi connectivity index (χ2v) is 8.26. The number of amides is 1.